The van der Waals surface area contributed by atoms with Crippen LogP contribution in [0.15, 0.2) is 4.47 Å². The van der Waals surface area contributed by atoms with Crippen LogP contribution in [-0.4, -0.2) is 22.9 Å². The van der Waals surface area contributed by atoms with Crippen LogP contribution in [0.2, 0.25) is 0 Å². The Labute approximate surface area is 132 Å². The van der Waals surface area contributed by atoms with Crippen LogP contribution in [0.25, 0.3) is 0 Å². The Morgan fingerprint density at radius 1 is 1.35 bits per heavy atom. The van der Waals surface area contributed by atoms with Crippen molar-refractivity contribution in [2.24, 2.45) is 18.4 Å². The highest BCUT2D eigenvalue weighted by Gasteiger charge is 2.26. The van der Waals surface area contributed by atoms with Crippen LogP contribution in [-0.2, 0) is 19.9 Å². The zero-order valence-corrected chi connectivity index (χ0v) is 15.5. The van der Waals surface area contributed by atoms with Crippen LogP contribution in [0.5, 0.6) is 0 Å². The van der Waals surface area contributed by atoms with E-state index in [9.17, 15) is 0 Å². The minimum Gasteiger partial charge on any atom is -0.316 e. The van der Waals surface area contributed by atoms with Gasteiger partial charge in [-0.15, -0.1) is 0 Å². The summed E-state index contributed by atoms with van der Waals surface area (Å²) >= 11 is 3.73. The van der Waals surface area contributed by atoms with E-state index in [1.165, 1.54) is 10.2 Å². The van der Waals surface area contributed by atoms with E-state index in [-0.39, 0.29) is 5.41 Å². The average molecular weight is 344 g/mol. The van der Waals surface area contributed by atoms with E-state index in [0.717, 1.165) is 38.0 Å². The minimum absolute atomic E-state index is 0.274. The van der Waals surface area contributed by atoms with Crippen molar-refractivity contribution in [3.8, 4) is 0 Å². The number of aryl methyl sites for hydroxylation is 2. The summed E-state index contributed by atoms with van der Waals surface area (Å²) in [6.45, 7) is 13.4. The number of nitrogens with one attached hydrogen (secondary N) is 1. The van der Waals surface area contributed by atoms with Gasteiger partial charge in [0.2, 0.25) is 0 Å². The zero-order valence-electron chi connectivity index (χ0n) is 13.9. The molecule has 0 saturated heterocycles. The number of hydrogen-bond acceptors (Lipinski definition) is 2. The number of halogens is 1. The van der Waals surface area contributed by atoms with Crippen LogP contribution in [0.4, 0.5) is 0 Å². The molecule has 1 unspecified atom stereocenters. The quantitative estimate of drug-likeness (QED) is 0.774. The first-order chi connectivity index (χ1) is 9.33. The standard InChI is InChI=1S/C16H30BrN3/c1-7-13-15(17)14(20(6)19-13)9-16(5,8-2)11-18-10-12(3)4/h12,18H,7-11H2,1-6H3. The summed E-state index contributed by atoms with van der Waals surface area (Å²) in [4.78, 5) is 0. The molecule has 116 valence electrons. The largest absolute Gasteiger partial charge is 0.316 e. The van der Waals surface area contributed by atoms with E-state index >= 15 is 0 Å². The summed E-state index contributed by atoms with van der Waals surface area (Å²) < 4.78 is 3.24. The first kappa shape index (κ1) is 17.7. The van der Waals surface area contributed by atoms with Crippen molar-refractivity contribution in [3.63, 3.8) is 0 Å². The Morgan fingerprint density at radius 3 is 2.45 bits per heavy atom. The second-order valence-corrected chi connectivity index (χ2v) is 7.34. The lowest BCUT2D eigenvalue weighted by atomic mass is 9.82. The van der Waals surface area contributed by atoms with Crippen LogP contribution in [0.1, 0.15) is 52.4 Å². The van der Waals surface area contributed by atoms with Gasteiger partial charge in [-0.2, -0.15) is 5.10 Å². The van der Waals surface area contributed by atoms with Crippen LogP contribution in [0, 0.1) is 11.3 Å². The fraction of sp³-hybridized carbons (Fsp3) is 0.812. The minimum atomic E-state index is 0.274. The van der Waals surface area contributed by atoms with Gasteiger partial charge in [-0.3, -0.25) is 4.68 Å². The fourth-order valence-electron chi connectivity index (χ4n) is 2.39. The lowest BCUT2D eigenvalue weighted by Gasteiger charge is -2.29. The topological polar surface area (TPSA) is 29.9 Å². The number of aromatic nitrogens is 2. The second kappa shape index (κ2) is 7.60. The van der Waals surface area contributed by atoms with Gasteiger partial charge in [0.25, 0.3) is 0 Å². The molecule has 4 heteroatoms. The molecule has 1 aromatic rings. The summed E-state index contributed by atoms with van der Waals surface area (Å²) in [5.41, 5.74) is 2.75. The third-order valence-electron chi connectivity index (χ3n) is 4.06. The Balaban J connectivity index is 2.79. The third-order valence-corrected chi connectivity index (χ3v) is 4.97. The molecule has 20 heavy (non-hydrogen) atoms. The van der Waals surface area contributed by atoms with Gasteiger partial charge < -0.3 is 5.32 Å². The SMILES string of the molecule is CCc1nn(C)c(CC(C)(CC)CNCC(C)C)c1Br. The molecule has 0 amide bonds. The summed E-state index contributed by atoms with van der Waals surface area (Å²) in [6.07, 6.45) is 3.19. The highest BCUT2D eigenvalue weighted by atomic mass is 79.9. The van der Waals surface area contributed by atoms with E-state index in [2.05, 4.69) is 68.0 Å². The van der Waals surface area contributed by atoms with Gasteiger partial charge in [-0.1, -0.05) is 34.6 Å². The highest BCUT2D eigenvalue weighted by Crippen LogP contribution is 2.31. The lowest BCUT2D eigenvalue weighted by molar-refractivity contribution is 0.279. The smallest absolute Gasteiger partial charge is 0.0766 e. The zero-order chi connectivity index (χ0) is 15.3. The molecule has 3 nitrogen and oxygen atoms in total. The van der Waals surface area contributed by atoms with Gasteiger partial charge in [0.05, 0.1) is 15.9 Å². The first-order valence-corrected chi connectivity index (χ1v) is 8.53. The third kappa shape index (κ3) is 4.59. The summed E-state index contributed by atoms with van der Waals surface area (Å²) in [7, 11) is 2.05. The molecule has 0 aliphatic heterocycles. The lowest BCUT2D eigenvalue weighted by Crippen LogP contribution is -2.35. The first-order valence-electron chi connectivity index (χ1n) is 7.74. The molecule has 0 bridgehead atoms. The molecule has 1 heterocycles. The molecular weight excluding hydrogens is 314 g/mol. The maximum Gasteiger partial charge on any atom is 0.0766 e. The van der Waals surface area contributed by atoms with E-state index in [1.54, 1.807) is 0 Å². The molecule has 1 N–H and O–H groups in total. The Kier molecular flexibility index (Phi) is 6.73. The number of hydrogen-bond donors (Lipinski definition) is 1. The molecular formula is C16H30BrN3. The van der Waals surface area contributed by atoms with Crippen molar-refractivity contribution >= 4 is 15.9 Å². The van der Waals surface area contributed by atoms with E-state index < -0.39 is 0 Å². The normalized spacial score (nSPS) is 14.8. The molecule has 0 saturated carbocycles. The maximum atomic E-state index is 4.61. The van der Waals surface area contributed by atoms with Crippen LogP contribution < -0.4 is 5.32 Å². The molecule has 0 spiro atoms. The van der Waals surface area contributed by atoms with Gasteiger partial charge in [0, 0.05) is 13.6 Å². The Morgan fingerprint density at radius 2 is 2.00 bits per heavy atom. The summed E-state index contributed by atoms with van der Waals surface area (Å²) in [6, 6.07) is 0. The number of rotatable bonds is 8. The predicted molar refractivity (Wildman–Crippen MR) is 90.1 cm³/mol. The molecule has 0 aromatic carbocycles. The van der Waals surface area contributed by atoms with Crippen LogP contribution >= 0.6 is 15.9 Å². The van der Waals surface area contributed by atoms with Gasteiger partial charge in [-0.05, 0) is 53.1 Å². The summed E-state index contributed by atoms with van der Waals surface area (Å²) in [5, 5.41) is 8.22. The monoisotopic (exact) mass is 343 g/mol. The van der Waals surface area contributed by atoms with Crippen molar-refractivity contribution < 1.29 is 0 Å². The molecule has 0 fully saturated rings. The fourth-order valence-corrected chi connectivity index (χ4v) is 3.15. The van der Waals surface area contributed by atoms with Crippen molar-refractivity contribution in [2.45, 2.75) is 53.9 Å². The predicted octanol–water partition coefficient (Wildman–Crippen LogP) is 3.95. The van der Waals surface area contributed by atoms with Gasteiger partial charge in [-0.25, -0.2) is 0 Å². The van der Waals surface area contributed by atoms with E-state index in [1.807, 2.05) is 4.68 Å². The van der Waals surface area contributed by atoms with Gasteiger partial charge in [0.1, 0.15) is 0 Å². The Hall–Kier alpha value is -0.350. The maximum absolute atomic E-state index is 4.61. The molecule has 1 atom stereocenters. The van der Waals surface area contributed by atoms with E-state index in [4.69, 9.17) is 0 Å². The van der Waals surface area contributed by atoms with E-state index in [0.29, 0.717) is 5.92 Å². The summed E-state index contributed by atoms with van der Waals surface area (Å²) in [5.74, 6) is 0.700. The van der Waals surface area contributed by atoms with Crippen molar-refractivity contribution in [1.29, 1.82) is 0 Å². The molecule has 0 radical (unpaired) electrons. The van der Waals surface area contributed by atoms with Crippen molar-refractivity contribution in [3.05, 3.63) is 15.9 Å². The molecule has 0 aliphatic carbocycles. The van der Waals surface area contributed by atoms with Crippen molar-refractivity contribution in [2.75, 3.05) is 13.1 Å². The number of nitrogens with zero attached hydrogens (tertiary/aromatic N) is 2. The van der Waals surface area contributed by atoms with Crippen LogP contribution in [0.3, 0.4) is 0 Å². The second-order valence-electron chi connectivity index (χ2n) is 6.55. The average Bonchev–Trinajstić information content (AvgIpc) is 2.65. The van der Waals surface area contributed by atoms with Gasteiger partial charge >= 0.3 is 0 Å². The highest BCUT2D eigenvalue weighted by molar-refractivity contribution is 9.10. The molecule has 0 aliphatic rings. The molecule has 1 rings (SSSR count). The van der Waals surface area contributed by atoms with Crippen molar-refractivity contribution in [1.82, 2.24) is 15.1 Å². The molecule has 1 aromatic heterocycles. The van der Waals surface area contributed by atoms with Gasteiger partial charge in [0.15, 0.2) is 0 Å². The Bertz CT molecular complexity index is 426.